The van der Waals surface area contributed by atoms with Gasteiger partial charge in [-0.3, -0.25) is 14.7 Å². The normalized spacial score (nSPS) is 15.2. The molecule has 0 bridgehead atoms. The van der Waals surface area contributed by atoms with Crippen LogP contribution in [0.25, 0.3) is 11.4 Å². The Bertz CT molecular complexity index is 1100. The minimum absolute atomic E-state index is 0.0162. The number of piperidine rings is 1. The highest BCUT2D eigenvalue weighted by molar-refractivity contribution is 7.71. The van der Waals surface area contributed by atoms with Crippen molar-refractivity contribution in [2.75, 3.05) is 13.1 Å². The summed E-state index contributed by atoms with van der Waals surface area (Å²) in [5.74, 6) is 0.887. The van der Waals surface area contributed by atoms with Gasteiger partial charge in [0.15, 0.2) is 10.6 Å². The number of aryl methyl sites for hydroxylation is 1. The van der Waals surface area contributed by atoms with Gasteiger partial charge in [-0.25, -0.2) is 4.68 Å². The lowest BCUT2D eigenvalue weighted by Gasteiger charge is -2.32. The van der Waals surface area contributed by atoms with Gasteiger partial charge in [0, 0.05) is 49.2 Å². The number of amides is 1. The standard InChI is InChI=1S/C23H28N6OS/c1-3-28-21(18-8-12-24-13-9-18)26-29(23(28)31)16-27-14-10-19(11-15-27)25-22(30)20-7-5-4-6-17(20)2/h4-9,12-13,19H,3,10-11,14-16H2,1-2H3,(H,25,30). The number of carbonyl (C=O) groups is 1. The number of benzene rings is 1. The number of hydrogen-bond donors (Lipinski definition) is 1. The quantitative estimate of drug-likeness (QED) is 0.598. The second kappa shape index (κ2) is 9.53. The van der Waals surface area contributed by atoms with Crippen LogP contribution in [0.1, 0.15) is 35.7 Å². The number of nitrogens with one attached hydrogen (secondary N) is 1. The SMILES string of the molecule is CCn1c(-c2ccncc2)nn(CN2CCC(NC(=O)c3ccccc3C)CC2)c1=S. The van der Waals surface area contributed by atoms with Gasteiger partial charge in [0.05, 0.1) is 6.67 Å². The van der Waals surface area contributed by atoms with Crippen LogP contribution in [0.5, 0.6) is 0 Å². The van der Waals surface area contributed by atoms with E-state index in [-0.39, 0.29) is 11.9 Å². The van der Waals surface area contributed by atoms with Gasteiger partial charge in [-0.1, -0.05) is 18.2 Å². The molecule has 7 nitrogen and oxygen atoms in total. The largest absolute Gasteiger partial charge is 0.349 e. The zero-order chi connectivity index (χ0) is 21.8. The van der Waals surface area contributed by atoms with E-state index in [9.17, 15) is 4.79 Å². The Hall–Kier alpha value is -2.84. The van der Waals surface area contributed by atoms with E-state index in [4.69, 9.17) is 17.3 Å². The number of pyridine rings is 1. The van der Waals surface area contributed by atoms with Crippen LogP contribution in [0, 0.1) is 11.7 Å². The van der Waals surface area contributed by atoms with Crippen LogP contribution in [0.15, 0.2) is 48.8 Å². The number of hydrogen-bond acceptors (Lipinski definition) is 5. The van der Waals surface area contributed by atoms with E-state index in [0.717, 1.165) is 59.8 Å². The first-order valence-electron chi connectivity index (χ1n) is 10.7. The molecule has 0 radical (unpaired) electrons. The Morgan fingerprint density at radius 3 is 2.55 bits per heavy atom. The van der Waals surface area contributed by atoms with Gasteiger partial charge in [-0.2, -0.15) is 5.10 Å². The molecule has 0 atom stereocenters. The molecule has 8 heteroatoms. The average molecular weight is 437 g/mol. The maximum absolute atomic E-state index is 12.6. The highest BCUT2D eigenvalue weighted by atomic mass is 32.1. The van der Waals surface area contributed by atoms with Gasteiger partial charge in [-0.05, 0) is 62.7 Å². The third-order valence-electron chi connectivity index (χ3n) is 5.82. The summed E-state index contributed by atoms with van der Waals surface area (Å²) in [6, 6.07) is 11.8. The van der Waals surface area contributed by atoms with E-state index in [2.05, 4.69) is 26.7 Å². The van der Waals surface area contributed by atoms with Gasteiger partial charge in [-0.15, -0.1) is 0 Å². The Kier molecular flexibility index (Phi) is 6.58. The summed E-state index contributed by atoms with van der Waals surface area (Å²) in [6.45, 7) is 7.26. The summed E-state index contributed by atoms with van der Waals surface area (Å²) in [7, 11) is 0. The molecule has 1 fully saturated rings. The molecule has 162 valence electrons. The number of aromatic nitrogens is 4. The molecule has 31 heavy (non-hydrogen) atoms. The number of rotatable bonds is 6. The fraction of sp³-hybridized carbons (Fsp3) is 0.391. The summed E-state index contributed by atoms with van der Waals surface area (Å²) < 4.78 is 4.69. The predicted octanol–water partition coefficient (Wildman–Crippen LogP) is 3.66. The zero-order valence-corrected chi connectivity index (χ0v) is 18.8. The lowest BCUT2D eigenvalue weighted by molar-refractivity contribution is 0.0895. The maximum atomic E-state index is 12.6. The van der Waals surface area contributed by atoms with Crippen LogP contribution in [0.4, 0.5) is 0 Å². The van der Waals surface area contributed by atoms with Crippen molar-refractivity contribution in [3.05, 3.63) is 64.7 Å². The predicted molar refractivity (Wildman–Crippen MR) is 123 cm³/mol. The second-order valence-corrected chi connectivity index (χ2v) is 8.27. The summed E-state index contributed by atoms with van der Waals surface area (Å²) >= 11 is 5.69. The Balaban J connectivity index is 1.38. The first-order valence-corrected chi connectivity index (χ1v) is 11.1. The lowest BCUT2D eigenvalue weighted by atomic mass is 10.0. The maximum Gasteiger partial charge on any atom is 0.251 e. The summed E-state index contributed by atoms with van der Waals surface area (Å²) in [5, 5.41) is 7.99. The second-order valence-electron chi connectivity index (χ2n) is 7.91. The third-order valence-corrected chi connectivity index (χ3v) is 6.26. The Morgan fingerprint density at radius 1 is 1.16 bits per heavy atom. The molecule has 1 saturated heterocycles. The monoisotopic (exact) mass is 436 g/mol. The van der Waals surface area contributed by atoms with E-state index in [1.165, 1.54) is 0 Å². The highest BCUT2D eigenvalue weighted by Gasteiger charge is 2.23. The van der Waals surface area contributed by atoms with Crippen LogP contribution in [0.3, 0.4) is 0 Å². The van der Waals surface area contributed by atoms with E-state index >= 15 is 0 Å². The Labute approximate surface area is 187 Å². The van der Waals surface area contributed by atoms with Gasteiger partial charge >= 0.3 is 0 Å². The molecule has 0 aliphatic carbocycles. The van der Waals surface area contributed by atoms with E-state index < -0.39 is 0 Å². The smallest absolute Gasteiger partial charge is 0.251 e. The van der Waals surface area contributed by atoms with E-state index in [0.29, 0.717) is 6.67 Å². The van der Waals surface area contributed by atoms with Crippen molar-refractivity contribution < 1.29 is 4.79 Å². The molecular weight excluding hydrogens is 408 g/mol. The minimum atomic E-state index is 0.0162. The van der Waals surface area contributed by atoms with Gasteiger partial charge < -0.3 is 9.88 Å². The van der Waals surface area contributed by atoms with Crippen molar-refractivity contribution in [3.8, 4) is 11.4 Å². The number of carbonyl (C=O) groups excluding carboxylic acids is 1. The molecule has 2 aromatic heterocycles. The van der Waals surface area contributed by atoms with Crippen LogP contribution in [-0.4, -0.2) is 49.3 Å². The molecule has 1 aliphatic heterocycles. The molecule has 4 rings (SSSR count). The summed E-state index contributed by atoms with van der Waals surface area (Å²) in [6.07, 6.45) is 5.37. The van der Waals surface area contributed by atoms with E-state index in [1.807, 2.05) is 48.0 Å². The van der Waals surface area contributed by atoms with Crippen molar-refractivity contribution in [2.45, 2.75) is 45.9 Å². The summed E-state index contributed by atoms with van der Waals surface area (Å²) in [5.41, 5.74) is 2.77. The van der Waals surface area contributed by atoms with Gasteiger partial charge in [0.1, 0.15) is 0 Å². The topological polar surface area (TPSA) is 68.0 Å². The third kappa shape index (κ3) is 4.75. The van der Waals surface area contributed by atoms with Crippen LogP contribution in [0.2, 0.25) is 0 Å². The van der Waals surface area contributed by atoms with Gasteiger partial charge in [0.25, 0.3) is 5.91 Å². The first kappa shape index (κ1) is 21.4. The molecule has 1 amide bonds. The first-order chi connectivity index (χ1) is 15.1. The van der Waals surface area contributed by atoms with E-state index in [1.54, 1.807) is 12.4 Å². The van der Waals surface area contributed by atoms with Crippen LogP contribution >= 0.6 is 12.2 Å². The molecular formula is C23H28N6OS. The molecule has 1 aromatic carbocycles. The molecule has 1 N–H and O–H groups in total. The molecule has 3 aromatic rings. The highest BCUT2D eigenvalue weighted by Crippen LogP contribution is 2.19. The number of nitrogens with zero attached hydrogens (tertiary/aromatic N) is 5. The fourth-order valence-corrected chi connectivity index (χ4v) is 4.35. The van der Waals surface area contributed by atoms with Crippen molar-refractivity contribution >= 4 is 18.1 Å². The molecule has 0 spiro atoms. The molecule has 0 unspecified atom stereocenters. The zero-order valence-electron chi connectivity index (χ0n) is 18.0. The van der Waals surface area contributed by atoms with Crippen molar-refractivity contribution in [1.29, 1.82) is 0 Å². The molecule has 3 heterocycles. The summed E-state index contributed by atoms with van der Waals surface area (Å²) in [4.78, 5) is 19.0. The van der Waals surface area contributed by atoms with Crippen LogP contribution in [-0.2, 0) is 13.2 Å². The fourth-order valence-electron chi connectivity index (χ4n) is 4.03. The Morgan fingerprint density at radius 2 is 1.87 bits per heavy atom. The minimum Gasteiger partial charge on any atom is -0.349 e. The molecule has 0 saturated carbocycles. The van der Waals surface area contributed by atoms with Crippen molar-refractivity contribution in [2.24, 2.45) is 0 Å². The molecule has 1 aliphatic rings. The average Bonchev–Trinajstić information content (AvgIpc) is 3.11. The van der Waals surface area contributed by atoms with Crippen molar-refractivity contribution in [3.63, 3.8) is 0 Å². The van der Waals surface area contributed by atoms with Crippen molar-refractivity contribution in [1.82, 2.24) is 29.5 Å². The lowest BCUT2D eigenvalue weighted by Crippen LogP contribution is -2.45. The number of likely N-dealkylation sites (tertiary alicyclic amines) is 1. The van der Waals surface area contributed by atoms with Gasteiger partial charge in [0.2, 0.25) is 0 Å². The van der Waals surface area contributed by atoms with Crippen LogP contribution < -0.4 is 5.32 Å².